The molecule has 0 aromatic heterocycles. The smallest absolute Gasteiger partial charge is 0.407 e. The van der Waals surface area contributed by atoms with Crippen molar-refractivity contribution < 1.29 is 9.90 Å². The van der Waals surface area contributed by atoms with Gasteiger partial charge in [-0.3, -0.25) is 0 Å². The molecule has 2 aliphatic heterocycles. The summed E-state index contributed by atoms with van der Waals surface area (Å²) in [6.45, 7) is 9.12. The SMILES string of the molecule is CC(C)(C)C1CN[C@H]2CN(C(=O)O)C[C@@H]12. The highest BCUT2D eigenvalue weighted by atomic mass is 16.4. The van der Waals surface area contributed by atoms with Gasteiger partial charge in [-0.2, -0.15) is 0 Å². The maximum atomic E-state index is 10.9. The van der Waals surface area contributed by atoms with Crippen LogP contribution in [0.3, 0.4) is 0 Å². The maximum absolute atomic E-state index is 10.9. The lowest BCUT2D eigenvalue weighted by Crippen LogP contribution is -2.34. The normalized spacial score (nSPS) is 35.7. The highest BCUT2D eigenvalue weighted by Gasteiger charge is 2.47. The summed E-state index contributed by atoms with van der Waals surface area (Å²) >= 11 is 0. The molecule has 0 bridgehead atoms. The van der Waals surface area contributed by atoms with Crippen molar-refractivity contribution in [3.8, 4) is 0 Å². The monoisotopic (exact) mass is 212 g/mol. The average Bonchev–Trinajstić information content (AvgIpc) is 2.56. The second kappa shape index (κ2) is 3.37. The first kappa shape index (κ1) is 10.7. The number of carbonyl (C=O) groups is 1. The average molecular weight is 212 g/mol. The Morgan fingerprint density at radius 1 is 1.40 bits per heavy atom. The number of carboxylic acid groups (broad SMARTS) is 1. The number of fused-ring (bicyclic) bond motifs is 1. The van der Waals surface area contributed by atoms with E-state index in [2.05, 4.69) is 26.1 Å². The van der Waals surface area contributed by atoms with Crippen LogP contribution in [0.1, 0.15) is 20.8 Å². The van der Waals surface area contributed by atoms with Crippen LogP contribution in [-0.2, 0) is 0 Å². The fourth-order valence-corrected chi connectivity index (χ4v) is 2.99. The number of nitrogens with zero attached hydrogens (tertiary/aromatic N) is 1. The van der Waals surface area contributed by atoms with Crippen LogP contribution in [0.4, 0.5) is 4.79 Å². The Balaban J connectivity index is 2.08. The van der Waals surface area contributed by atoms with E-state index in [4.69, 9.17) is 5.11 Å². The molecule has 2 aliphatic rings. The predicted molar refractivity (Wildman–Crippen MR) is 57.8 cm³/mol. The Bertz CT molecular complexity index is 272. The summed E-state index contributed by atoms with van der Waals surface area (Å²) in [6, 6.07) is 0.380. The number of amides is 1. The molecule has 0 saturated carbocycles. The van der Waals surface area contributed by atoms with E-state index in [9.17, 15) is 4.79 Å². The first-order valence-corrected chi connectivity index (χ1v) is 5.61. The van der Waals surface area contributed by atoms with E-state index in [1.807, 2.05) is 0 Å². The summed E-state index contributed by atoms with van der Waals surface area (Å²) in [5, 5.41) is 12.4. The molecule has 2 heterocycles. The van der Waals surface area contributed by atoms with Gasteiger partial charge in [-0.1, -0.05) is 20.8 Å². The van der Waals surface area contributed by atoms with Gasteiger partial charge in [0.15, 0.2) is 0 Å². The summed E-state index contributed by atoms with van der Waals surface area (Å²) < 4.78 is 0. The second-order valence-electron chi connectivity index (χ2n) is 5.84. The molecule has 4 nitrogen and oxygen atoms in total. The Labute approximate surface area is 90.6 Å². The number of nitrogens with one attached hydrogen (secondary N) is 1. The minimum Gasteiger partial charge on any atom is -0.465 e. The molecule has 3 atom stereocenters. The van der Waals surface area contributed by atoms with Crippen molar-refractivity contribution in [1.82, 2.24) is 10.2 Å². The third-order valence-electron chi connectivity index (χ3n) is 3.86. The molecule has 2 N–H and O–H groups in total. The quantitative estimate of drug-likeness (QED) is 0.635. The summed E-state index contributed by atoms with van der Waals surface area (Å²) in [4.78, 5) is 12.4. The van der Waals surface area contributed by atoms with E-state index in [0.29, 0.717) is 31.0 Å². The van der Waals surface area contributed by atoms with Crippen molar-refractivity contribution in [3.63, 3.8) is 0 Å². The van der Waals surface area contributed by atoms with Gasteiger partial charge >= 0.3 is 6.09 Å². The molecule has 15 heavy (non-hydrogen) atoms. The topological polar surface area (TPSA) is 52.6 Å². The number of likely N-dealkylation sites (tertiary alicyclic amines) is 1. The van der Waals surface area contributed by atoms with E-state index in [1.165, 1.54) is 0 Å². The van der Waals surface area contributed by atoms with E-state index < -0.39 is 6.09 Å². The lowest BCUT2D eigenvalue weighted by atomic mass is 9.74. The van der Waals surface area contributed by atoms with Crippen molar-refractivity contribution in [3.05, 3.63) is 0 Å². The molecular formula is C11H20N2O2. The fourth-order valence-electron chi connectivity index (χ4n) is 2.99. The van der Waals surface area contributed by atoms with Crippen LogP contribution in [0.5, 0.6) is 0 Å². The Kier molecular flexibility index (Phi) is 2.41. The fraction of sp³-hybridized carbons (Fsp3) is 0.909. The zero-order chi connectivity index (χ0) is 11.2. The molecule has 0 aromatic rings. The number of rotatable bonds is 0. The first-order valence-electron chi connectivity index (χ1n) is 5.61. The lowest BCUT2D eigenvalue weighted by molar-refractivity contribution is 0.143. The summed E-state index contributed by atoms with van der Waals surface area (Å²) in [6.07, 6.45) is -0.779. The van der Waals surface area contributed by atoms with Crippen molar-refractivity contribution in [1.29, 1.82) is 0 Å². The molecular weight excluding hydrogens is 192 g/mol. The van der Waals surface area contributed by atoms with Gasteiger partial charge in [-0.25, -0.2) is 4.79 Å². The molecule has 2 fully saturated rings. The van der Waals surface area contributed by atoms with Crippen molar-refractivity contribution in [2.24, 2.45) is 17.3 Å². The molecule has 0 spiro atoms. The first-order chi connectivity index (χ1) is 6.89. The van der Waals surface area contributed by atoms with E-state index in [-0.39, 0.29) is 5.41 Å². The van der Waals surface area contributed by atoms with Gasteiger partial charge in [0.05, 0.1) is 0 Å². The van der Waals surface area contributed by atoms with Crippen LogP contribution in [0.25, 0.3) is 0 Å². The highest BCUT2D eigenvalue weighted by Crippen LogP contribution is 2.40. The largest absolute Gasteiger partial charge is 0.465 e. The summed E-state index contributed by atoms with van der Waals surface area (Å²) in [5.74, 6) is 1.09. The third-order valence-corrected chi connectivity index (χ3v) is 3.86. The van der Waals surface area contributed by atoms with E-state index in [0.717, 1.165) is 6.54 Å². The third kappa shape index (κ3) is 1.83. The Morgan fingerprint density at radius 3 is 2.60 bits per heavy atom. The maximum Gasteiger partial charge on any atom is 0.407 e. The molecule has 1 unspecified atom stereocenters. The van der Waals surface area contributed by atoms with E-state index >= 15 is 0 Å². The van der Waals surface area contributed by atoms with Crippen LogP contribution in [0.15, 0.2) is 0 Å². The molecule has 0 aliphatic carbocycles. The molecule has 2 saturated heterocycles. The summed E-state index contributed by atoms with van der Waals surface area (Å²) in [7, 11) is 0. The minimum absolute atomic E-state index is 0.265. The van der Waals surface area contributed by atoms with Gasteiger partial charge in [-0.05, 0) is 23.8 Å². The molecule has 1 amide bonds. The molecule has 2 rings (SSSR count). The van der Waals surface area contributed by atoms with Crippen LogP contribution >= 0.6 is 0 Å². The van der Waals surface area contributed by atoms with Crippen LogP contribution in [0.2, 0.25) is 0 Å². The molecule has 86 valence electrons. The second-order valence-corrected chi connectivity index (χ2v) is 5.84. The summed E-state index contributed by atoms with van der Waals surface area (Å²) in [5.41, 5.74) is 0.265. The minimum atomic E-state index is -0.779. The zero-order valence-corrected chi connectivity index (χ0v) is 9.66. The van der Waals surface area contributed by atoms with Crippen LogP contribution in [0, 0.1) is 17.3 Å². The van der Waals surface area contributed by atoms with Gasteiger partial charge in [0.2, 0.25) is 0 Å². The number of hydrogen-bond donors (Lipinski definition) is 2. The van der Waals surface area contributed by atoms with Crippen molar-refractivity contribution in [2.45, 2.75) is 26.8 Å². The molecule has 0 radical (unpaired) electrons. The Morgan fingerprint density at radius 2 is 2.07 bits per heavy atom. The van der Waals surface area contributed by atoms with E-state index in [1.54, 1.807) is 4.90 Å². The molecule has 0 aromatic carbocycles. The zero-order valence-electron chi connectivity index (χ0n) is 9.66. The van der Waals surface area contributed by atoms with Crippen LogP contribution < -0.4 is 5.32 Å². The standard InChI is InChI=1S/C11H20N2O2/c1-11(2,3)8-4-12-9-6-13(10(14)15)5-7(8)9/h7-9,12H,4-6H2,1-3H3,(H,14,15)/t7-,8?,9-/m0/s1. The highest BCUT2D eigenvalue weighted by molar-refractivity contribution is 5.65. The predicted octanol–water partition coefficient (Wildman–Crippen LogP) is 1.23. The van der Waals surface area contributed by atoms with Gasteiger partial charge in [0, 0.05) is 19.1 Å². The molecule has 4 heteroatoms. The van der Waals surface area contributed by atoms with Crippen molar-refractivity contribution >= 4 is 6.09 Å². The number of hydrogen-bond acceptors (Lipinski definition) is 2. The van der Waals surface area contributed by atoms with Gasteiger partial charge in [0.1, 0.15) is 0 Å². The van der Waals surface area contributed by atoms with Gasteiger partial charge in [-0.15, -0.1) is 0 Å². The van der Waals surface area contributed by atoms with Crippen LogP contribution in [-0.4, -0.2) is 41.8 Å². The lowest BCUT2D eigenvalue weighted by Gasteiger charge is -2.31. The Hall–Kier alpha value is -0.770. The van der Waals surface area contributed by atoms with Gasteiger partial charge < -0.3 is 15.3 Å². The van der Waals surface area contributed by atoms with Crippen molar-refractivity contribution in [2.75, 3.05) is 19.6 Å². The van der Waals surface area contributed by atoms with Gasteiger partial charge in [0.25, 0.3) is 0 Å².